The predicted octanol–water partition coefficient (Wildman–Crippen LogP) is 1.83. The smallest absolute Gasteiger partial charge is 0.314 e. The molecular weight excluding hydrogens is 232 g/mol. The largest absolute Gasteiger partial charge is 0.481 e. The molecule has 0 aromatic heterocycles. The number of urea groups is 1. The molecule has 1 aliphatic rings. The van der Waals surface area contributed by atoms with Crippen molar-refractivity contribution in [3.05, 3.63) is 0 Å². The fraction of sp³-hybridized carbons (Fsp3) is 0.846. The van der Waals surface area contributed by atoms with Crippen molar-refractivity contribution in [2.75, 3.05) is 13.1 Å². The molecule has 0 bridgehead atoms. The lowest BCUT2D eigenvalue weighted by Gasteiger charge is -2.18. The maximum Gasteiger partial charge on any atom is 0.314 e. The molecule has 1 saturated carbocycles. The molecule has 2 amide bonds. The Balaban J connectivity index is 2.20. The molecule has 5 nitrogen and oxygen atoms in total. The van der Waals surface area contributed by atoms with E-state index in [9.17, 15) is 9.59 Å². The van der Waals surface area contributed by atoms with Crippen molar-refractivity contribution in [3.8, 4) is 0 Å². The summed E-state index contributed by atoms with van der Waals surface area (Å²) in [6.07, 6.45) is 3.33. The van der Waals surface area contributed by atoms with Gasteiger partial charge in [-0.15, -0.1) is 0 Å². The first-order chi connectivity index (χ1) is 8.47. The van der Waals surface area contributed by atoms with Crippen LogP contribution in [0.3, 0.4) is 0 Å². The Bertz CT molecular complexity index is 288. The third-order valence-corrected chi connectivity index (χ3v) is 3.07. The topological polar surface area (TPSA) is 78.4 Å². The van der Waals surface area contributed by atoms with Crippen LogP contribution in [0.4, 0.5) is 4.79 Å². The van der Waals surface area contributed by atoms with E-state index in [0.29, 0.717) is 18.4 Å². The van der Waals surface area contributed by atoms with Crippen LogP contribution in [0, 0.1) is 17.8 Å². The van der Waals surface area contributed by atoms with E-state index in [1.54, 1.807) is 0 Å². The van der Waals surface area contributed by atoms with Gasteiger partial charge in [-0.3, -0.25) is 4.79 Å². The van der Waals surface area contributed by atoms with Crippen LogP contribution in [0.15, 0.2) is 0 Å². The zero-order valence-electron chi connectivity index (χ0n) is 11.2. The summed E-state index contributed by atoms with van der Waals surface area (Å²) in [4.78, 5) is 22.2. The van der Waals surface area contributed by atoms with Gasteiger partial charge in [0.2, 0.25) is 0 Å². The van der Waals surface area contributed by atoms with E-state index in [4.69, 9.17) is 5.11 Å². The average Bonchev–Trinajstić information content (AvgIpc) is 3.05. The first kappa shape index (κ1) is 14.8. The van der Waals surface area contributed by atoms with Gasteiger partial charge in [0.05, 0.1) is 0 Å². The summed E-state index contributed by atoms with van der Waals surface area (Å²) in [7, 11) is 0. The standard InChI is InChI=1S/C13H24N2O3/c1-9(2)5-11(6-12(16)17)8-15-13(18)14-7-10-3-4-10/h9-11H,3-8H2,1-2H3,(H,16,17)(H2,14,15,18). The van der Waals surface area contributed by atoms with Crippen LogP contribution in [0.2, 0.25) is 0 Å². The molecular formula is C13H24N2O3. The number of nitrogens with one attached hydrogen (secondary N) is 2. The van der Waals surface area contributed by atoms with E-state index < -0.39 is 5.97 Å². The molecule has 0 aromatic carbocycles. The summed E-state index contributed by atoms with van der Waals surface area (Å²) in [6, 6.07) is -0.180. The van der Waals surface area contributed by atoms with Gasteiger partial charge in [-0.2, -0.15) is 0 Å². The molecule has 0 aromatic rings. The molecule has 0 saturated heterocycles. The number of rotatable bonds is 8. The van der Waals surface area contributed by atoms with Gasteiger partial charge in [-0.1, -0.05) is 13.8 Å². The molecule has 1 fully saturated rings. The number of carboxylic acid groups (broad SMARTS) is 1. The molecule has 1 unspecified atom stereocenters. The monoisotopic (exact) mass is 256 g/mol. The molecule has 0 radical (unpaired) electrons. The number of hydrogen-bond acceptors (Lipinski definition) is 2. The molecule has 18 heavy (non-hydrogen) atoms. The molecule has 0 spiro atoms. The number of carboxylic acids is 1. The minimum atomic E-state index is -0.805. The van der Waals surface area contributed by atoms with Gasteiger partial charge in [0.1, 0.15) is 0 Å². The fourth-order valence-electron chi connectivity index (χ4n) is 2.01. The third kappa shape index (κ3) is 7.14. The molecule has 1 rings (SSSR count). The highest BCUT2D eigenvalue weighted by Gasteiger charge is 2.22. The van der Waals surface area contributed by atoms with E-state index in [-0.39, 0.29) is 18.4 Å². The molecule has 0 heterocycles. The van der Waals surface area contributed by atoms with Crippen LogP contribution in [-0.4, -0.2) is 30.2 Å². The summed E-state index contributed by atoms with van der Waals surface area (Å²) in [5, 5.41) is 14.4. The Hall–Kier alpha value is -1.26. The highest BCUT2D eigenvalue weighted by atomic mass is 16.4. The van der Waals surface area contributed by atoms with E-state index in [2.05, 4.69) is 24.5 Å². The zero-order valence-corrected chi connectivity index (χ0v) is 11.2. The minimum Gasteiger partial charge on any atom is -0.481 e. The second kappa shape index (κ2) is 7.24. The van der Waals surface area contributed by atoms with Gasteiger partial charge < -0.3 is 15.7 Å². The molecule has 3 N–H and O–H groups in total. The summed E-state index contributed by atoms with van der Waals surface area (Å²) in [5.74, 6) is 0.293. The molecule has 5 heteroatoms. The summed E-state index contributed by atoms with van der Waals surface area (Å²) >= 11 is 0. The van der Waals surface area contributed by atoms with Crippen molar-refractivity contribution < 1.29 is 14.7 Å². The van der Waals surface area contributed by atoms with Crippen LogP contribution in [0.5, 0.6) is 0 Å². The average molecular weight is 256 g/mol. The van der Waals surface area contributed by atoms with Crippen LogP contribution >= 0.6 is 0 Å². The van der Waals surface area contributed by atoms with E-state index in [1.807, 2.05) is 0 Å². The van der Waals surface area contributed by atoms with Crippen molar-refractivity contribution in [2.24, 2.45) is 17.8 Å². The lowest BCUT2D eigenvalue weighted by atomic mass is 9.94. The molecule has 1 aliphatic carbocycles. The van der Waals surface area contributed by atoms with Gasteiger partial charge in [-0.05, 0) is 37.0 Å². The van der Waals surface area contributed by atoms with Gasteiger partial charge >= 0.3 is 12.0 Å². The first-order valence-corrected chi connectivity index (χ1v) is 6.70. The van der Waals surface area contributed by atoms with Crippen LogP contribution in [0.1, 0.15) is 39.5 Å². The van der Waals surface area contributed by atoms with E-state index in [0.717, 1.165) is 13.0 Å². The molecule has 0 aliphatic heterocycles. The Morgan fingerprint density at radius 2 is 1.94 bits per heavy atom. The predicted molar refractivity (Wildman–Crippen MR) is 69.3 cm³/mol. The Kier molecular flexibility index (Phi) is 5.95. The first-order valence-electron chi connectivity index (χ1n) is 6.70. The van der Waals surface area contributed by atoms with Crippen molar-refractivity contribution in [3.63, 3.8) is 0 Å². The molecule has 104 valence electrons. The highest BCUT2D eigenvalue weighted by molar-refractivity contribution is 5.74. The van der Waals surface area contributed by atoms with Crippen molar-refractivity contribution in [2.45, 2.75) is 39.5 Å². The summed E-state index contributed by atoms with van der Waals surface area (Å²) in [6.45, 7) is 5.28. The number of carbonyl (C=O) groups excluding carboxylic acids is 1. The van der Waals surface area contributed by atoms with E-state index in [1.165, 1.54) is 12.8 Å². The fourth-order valence-corrected chi connectivity index (χ4v) is 2.01. The Morgan fingerprint density at radius 3 is 2.44 bits per heavy atom. The molecule has 1 atom stereocenters. The SMILES string of the molecule is CC(C)CC(CNC(=O)NCC1CC1)CC(=O)O. The van der Waals surface area contributed by atoms with Crippen LogP contribution < -0.4 is 10.6 Å². The summed E-state index contributed by atoms with van der Waals surface area (Å²) < 4.78 is 0. The summed E-state index contributed by atoms with van der Waals surface area (Å²) in [5.41, 5.74) is 0. The second-order valence-electron chi connectivity index (χ2n) is 5.63. The highest BCUT2D eigenvalue weighted by Crippen LogP contribution is 2.27. The quantitative estimate of drug-likeness (QED) is 0.620. The minimum absolute atomic E-state index is 0.00850. The lowest BCUT2D eigenvalue weighted by molar-refractivity contribution is -0.138. The maximum atomic E-state index is 11.5. The number of carbonyl (C=O) groups is 2. The third-order valence-electron chi connectivity index (χ3n) is 3.07. The van der Waals surface area contributed by atoms with Crippen LogP contribution in [-0.2, 0) is 4.79 Å². The van der Waals surface area contributed by atoms with Crippen molar-refractivity contribution in [1.29, 1.82) is 0 Å². The normalized spacial score (nSPS) is 16.4. The van der Waals surface area contributed by atoms with Gasteiger partial charge in [0.15, 0.2) is 0 Å². The van der Waals surface area contributed by atoms with Gasteiger partial charge in [0.25, 0.3) is 0 Å². The Morgan fingerprint density at radius 1 is 1.28 bits per heavy atom. The maximum absolute atomic E-state index is 11.5. The second-order valence-corrected chi connectivity index (χ2v) is 5.63. The lowest BCUT2D eigenvalue weighted by Crippen LogP contribution is -2.39. The van der Waals surface area contributed by atoms with Crippen molar-refractivity contribution in [1.82, 2.24) is 10.6 Å². The van der Waals surface area contributed by atoms with E-state index >= 15 is 0 Å². The van der Waals surface area contributed by atoms with Gasteiger partial charge in [0, 0.05) is 19.5 Å². The van der Waals surface area contributed by atoms with Crippen LogP contribution in [0.25, 0.3) is 0 Å². The van der Waals surface area contributed by atoms with Crippen molar-refractivity contribution >= 4 is 12.0 Å². The number of hydrogen-bond donors (Lipinski definition) is 3. The number of aliphatic carboxylic acids is 1. The number of amides is 2. The zero-order chi connectivity index (χ0) is 13.5. The Labute approximate surface area is 108 Å². The van der Waals surface area contributed by atoms with Gasteiger partial charge in [-0.25, -0.2) is 4.79 Å².